The van der Waals surface area contributed by atoms with E-state index in [-0.39, 0.29) is 18.0 Å². The highest BCUT2D eigenvalue weighted by Crippen LogP contribution is 2.13. The Morgan fingerprint density at radius 3 is 2.72 bits per heavy atom. The summed E-state index contributed by atoms with van der Waals surface area (Å²) in [4.78, 5) is 11.3. The number of oxime groups is 1. The summed E-state index contributed by atoms with van der Waals surface area (Å²) in [7, 11) is 0. The molecule has 0 atom stereocenters. The third-order valence-electron chi connectivity index (χ3n) is 2.99. The van der Waals surface area contributed by atoms with E-state index in [0.29, 0.717) is 0 Å². The largest absolute Gasteiger partial charge is 0.410 e. The van der Waals surface area contributed by atoms with Gasteiger partial charge in [0.05, 0.1) is 0 Å². The first-order valence-electron chi connectivity index (χ1n) is 5.73. The van der Waals surface area contributed by atoms with Crippen LogP contribution in [0, 0.1) is 6.92 Å². The number of benzene rings is 1. The van der Waals surface area contributed by atoms with Crippen molar-refractivity contribution < 1.29 is 14.6 Å². The van der Waals surface area contributed by atoms with E-state index in [4.69, 9.17) is 5.21 Å². The van der Waals surface area contributed by atoms with Crippen molar-refractivity contribution >= 4 is 22.4 Å². The van der Waals surface area contributed by atoms with Crippen molar-refractivity contribution in [3.8, 4) is 0 Å². The lowest BCUT2D eigenvalue weighted by molar-refractivity contribution is -0.655. The fraction of sp³-hybridized carbons (Fsp3) is 0.214. The fourth-order valence-corrected chi connectivity index (χ4v) is 1.94. The molecule has 0 bridgehead atoms. The quantitative estimate of drug-likeness (QED) is 0.387. The Labute approximate surface area is 105 Å². The number of nitrogens with zero attached hydrogens (tertiary/aromatic N) is 2. The van der Waals surface area contributed by atoms with Crippen molar-refractivity contribution in [2.24, 2.45) is 5.16 Å². The average molecular weight is 243 g/mol. The smallest absolute Gasteiger partial charge is 0.213 e. The lowest BCUT2D eigenvalue weighted by Crippen LogP contribution is -2.40. The molecule has 0 spiro atoms. The van der Waals surface area contributed by atoms with Crippen LogP contribution >= 0.6 is 0 Å². The Morgan fingerprint density at radius 1 is 1.33 bits per heavy atom. The molecule has 4 heteroatoms. The van der Waals surface area contributed by atoms with Crippen LogP contribution in [0.25, 0.3) is 10.9 Å². The molecule has 0 amide bonds. The van der Waals surface area contributed by atoms with Gasteiger partial charge in [0.15, 0.2) is 24.2 Å². The fourth-order valence-electron chi connectivity index (χ4n) is 1.94. The van der Waals surface area contributed by atoms with Crippen LogP contribution in [0.4, 0.5) is 0 Å². The second-order valence-corrected chi connectivity index (χ2v) is 4.25. The summed E-state index contributed by atoms with van der Waals surface area (Å²) in [5.74, 6) is -0.227. The number of carbonyl (C=O) groups is 1. The second-order valence-electron chi connectivity index (χ2n) is 4.25. The van der Waals surface area contributed by atoms with E-state index in [9.17, 15) is 4.79 Å². The summed E-state index contributed by atoms with van der Waals surface area (Å²) in [5.41, 5.74) is 2.33. The van der Waals surface area contributed by atoms with Crippen LogP contribution < -0.4 is 4.57 Å². The predicted molar refractivity (Wildman–Crippen MR) is 68.8 cm³/mol. The number of Topliss-reactive ketones (excluding diaryl/α,β-unsaturated/α-hetero) is 1. The molecule has 1 aromatic carbocycles. The van der Waals surface area contributed by atoms with Crippen LogP contribution in [0.15, 0.2) is 41.7 Å². The Balaban J connectivity index is 2.53. The molecule has 0 aliphatic heterocycles. The molecule has 1 heterocycles. The number of hydrogen-bond acceptors (Lipinski definition) is 3. The number of fused-ring (bicyclic) bond motifs is 1. The summed E-state index contributed by atoms with van der Waals surface area (Å²) in [6.45, 7) is 3.71. The van der Waals surface area contributed by atoms with Gasteiger partial charge in [-0.05, 0) is 18.6 Å². The number of aromatic nitrogens is 1. The van der Waals surface area contributed by atoms with E-state index in [0.717, 1.165) is 10.9 Å². The molecule has 1 N–H and O–H groups in total. The molecule has 2 aromatic rings. The number of carbonyl (C=O) groups excluding carboxylic acids is 1. The predicted octanol–water partition coefficient (Wildman–Crippen LogP) is 1.85. The molecule has 0 saturated heterocycles. The first kappa shape index (κ1) is 12.2. The van der Waals surface area contributed by atoms with Crippen molar-refractivity contribution in [1.82, 2.24) is 0 Å². The maximum Gasteiger partial charge on any atom is 0.213 e. The normalized spacial score (nSPS) is 11.8. The van der Waals surface area contributed by atoms with Crippen LogP contribution in [0.3, 0.4) is 0 Å². The van der Waals surface area contributed by atoms with Gasteiger partial charge in [0.2, 0.25) is 5.52 Å². The van der Waals surface area contributed by atoms with Gasteiger partial charge in [0.1, 0.15) is 0 Å². The van der Waals surface area contributed by atoms with Gasteiger partial charge in [-0.1, -0.05) is 17.3 Å². The summed E-state index contributed by atoms with van der Waals surface area (Å²) >= 11 is 0. The van der Waals surface area contributed by atoms with Gasteiger partial charge in [-0.25, -0.2) is 0 Å². The van der Waals surface area contributed by atoms with E-state index in [1.165, 1.54) is 12.5 Å². The standard InChI is InChI=1S/C14H14N2O2/c1-10-7-8-16(9-13(15-18)11(2)17)14-6-4-3-5-12(10)14/h3-8H,9H2,1-2H3/p+1. The minimum absolute atomic E-state index is 0.147. The number of rotatable bonds is 3. The van der Waals surface area contributed by atoms with Crippen LogP contribution in [-0.4, -0.2) is 16.7 Å². The van der Waals surface area contributed by atoms with Gasteiger partial charge in [-0.15, -0.1) is 0 Å². The molecule has 4 nitrogen and oxygen atoms in total. The SMILES string of the molecule is CC(=O)C(C[n+]1ccc(C)c2ccccc21)=NO. The lowest BCUT2D eigenvalue weighted by Gasteiger charge is -2.03. The third kappa shape index (κ3) is 2.22. The van der Waals surface area contributed by atoms with Crippen LogP contribution in [0.1, 0.15) is 12.5 Å². The van der Waals surface area contributed by atoms with E-state index < -0.39 is 0 Å². The monoisotopic (exact) mass is 243 g/mol. The van der Waals surface area contributed by atoms with Gasteiger partial charge in [0.25, 0.3) is 0 Å². The zero-order valence-corrected chi connectivity index (χ0v) is 10.4. The van der Waals surface area contributed by atoms with E-state index in [1.807, 2.05) is 48.0 Å². The van der Waals surface area contributed by atoms with Crippen molar-refractivity contribution in [3.63, 3.8) is 0 Å². The molecular weight excluding hydrogens is 228 g/mol. The zero-order valence-electron chi connectivity index (χ0n) is 10.4. The molecule has 2 rings (SSSR count). The van der Waals surface area contributed by atoms with Crippen molar-refractivity contribution in [2.45, 2.75) is 20.4 Å². The van der Waals surface area contributed by atoms with Crippen LogP contribution in [0.2, 0.25) is 0 Å². The third-order valence-corrected chi connectivity index (χ3v) is 2.99. The lowest BCUT2D eigenvalue weighted by atomic mass is 10.1. The first-order valence-corrected chi connectivity index (χ1v) is 5.73. The molecule has 0 saturated carbocycles. The van der Waals surface area contributed by atoms with Crippen molar-refractivity contribution in [3.05, 3.63) is 42.1 Å². The highest BCUT2D eigenvalue weighted by Gasteiger charge is 2.16. The number of pyridine rings is 1. The summed E-state index contributed by atoms with van der Waals surface area (Å²) in [6.07, 6.45) is 1.89. The second kappa shape index (κ2) is 4.96. The van der Waals surface area contributed by atoms with Gasteiger partial charge in [-0.3, -0.25) is 4.79 Å². The van der Waals surface area contributed by atoms with Crippen LogP contribution in [0.5, 0.6) is 0 Å². The number of para-hydroxylation sites is 1. The summed E-state index contributed by atoms with van der Waals surface area (Å²) in [6, 6.07) is 9.92. The number of aryl methyl sites for hydroxylation is 1. The highest BCUT2D eigenvalue weighted by atomic mass is 16.4. The molecule has 0 aliphatic carbocycles. The van der Waals surface area contributed by atoms with Gasteiger partial charge >= 0.3 is 0 Å². The van der Waals surface area contributed by atoms with Gasteiger partial charge in [0, 0.05) is 24.4 Å². The molecular formula is C14H15N2O2+. The number of ketones is 1. The Kier molecular flexibility index (Phi) is 3.37. The minimum atomic E-state index is -0.227. The van der Waals surface area contributed by atoms with Crippen molar-refractivity contribution in [2.75, 3.05) is 0 Å². The van der Waals surface area contributed by atoms with Gasteiger partial charge < -0.3 is 5.21 Å². The molecule has 0 radical (unpaired) electrons. The maximum atomic E-state index is 11.3. The summed E-state index contributed by atoms with van der Waals surface area (Å²) in [5, 5.41) is 13.0. The van der Waals surface area contributed by atoms with Crippen LogP contribution in [-0.2, 0) is 11.3 Å². The zero-order chi connectivity index (χ0) is 13.1. The van der Waals surface area contributed by atoms with Gasteiger partial charge in [-0.2, -0.15) is 4.57 Å². The Hall–Kier alpha value is -2.23. The maximum absolute atomic E-state index is 11.3. The molecule has 1 aromatic heterocycles. The summed E-state index contributed by atoms with van der Waals surface area (Å²) < 4.78 is 1.90. The molecule has 0 fully saturated rings. The number of hydrogen-bond donors (Lipinski definition) is 1. The highest BCUT2D eigenvalue weighted by molar-refractivity contribution is 6.38. The van der Waals surface area contributed by atoms with E-state index in [1.54, 1.807) is 0 Å². The Morgan fingerprint density at radius 2 is 2.06 bits per heavy atom. The molecule has 18 heavy (non-hydrogen) atoms. The first-order chi connectivity index (χ1) is 8.63. The average Bonchev–Trinajstić information content (AvgIpc) is 2.38. The molecule has 0 aliphatic rings. The minimum Gasteiger partial charge on any atom is -0.410 e. The molecule has 0 unspecified atom stereocenters. The van der Waals surface area contributed by atoms with Crippen molar-refractivity contribution in [1.29, 1.82) is 0 Å². The Bertz CT molecular complexity index is 633. The topological polar surface area (TPSA) is 53.5 Å². The van der Waals surface area contributed by atoms with E-state index >= 15 is 0 Å². The van der Waals surface area contributed by atoms with E-state index in [2.05, 4.69) is 5.16 Å². The molecule has 92 valence electrons.